The van der Waals surface area contributed by atoms with E-state index in [0.29, 0.717) is 6.42 Å². The second-order valence-electron chi connectivity index (χ2n) is 4.97. The highest BCUT2D eigenvalue weighted by molar-refractivity contribution is 5.95. The Kier molecular flexibility index (Phi) is 4.95. The van der Waals surface area contributed by atoms with Crippen molar-refractivity contribution in [2.75, 3.05) is 12.4 Å². The molecule has 2 aromatic carbocycles. The van der Waals surface area contributed by atoms with Gasteiger partial charge in [-0.15, -0.1) is 0 Å². The summed E-state index contributed by atoms with van der Waals surface area (Å²) in [6, 6.07) is 14.7. The van der Waals surface area contributed by atoms with E-state index in [1.165, 1.54) is 0 Å². The molecule has 1 atom stereocenters. The molecular weight excluding hydrogens is 264 g/mol. The van der Waals surface area contributed by atoms with Gasteiger partial charge in [0.25, 0.3) is 0 Å². The van der Waals surface area contributed by atoms with Gasteiger partial charge in [0.15, 0.2) is 0 Å². The van der Waals surface area contributed by atoms with Crippen LogP contribution in [0.1, 0.15) is 11.1 Å². The van der Waals surface area contributed by atoms with Crippen molar-refractivity contribution in [2.45, 2.75) is 19.4 Å². The number of carbonyl (C=O) groups excluding carboxylic acids is 1. The second kappa shape index (κ2) is 6.90. The zero-order chi connectivity index (χ0) is 15.2. The molecule has 3 N–H and O–H groups in total. The Labute approximate surface area is 124 Å². The number of amides is 1. The van der Waals surface area contributed by atoms with Crippen LogP contribution in [0.4, 0.5) is 5.69 Å². The molecule has 0 saturated carbocycles. The molecule has 4 heteroatoms. The van der Waals surface area contributed by atoms with E-state index in [2.05, 4.69) is 5.32 Å². The van der Waals surface area contributed by atoms with Crippen LogP contribution in [-0.2, 0) is 11.2 Å². The van der Waals surface area contributed by atoms with Crippen molar-refractivity contribution >= 4 is 11.6 Å². The topological polar surface area (TPSA) is 64.3 Å². The van der Waals surface area contributed by atoms with Gasteiger partial charge in [-0.25, -0.2) is 0 Å². The first-order valence-corrected chi connectivity index (χ1v) is 6.85. The van der Waals surface area contributed by atoms with Gasteiger partial charge in [0.1, 0.15) is 5.75 Å². The van der Waals surface area contributed by atoms with Gasteiger partial charge in [0.2, 0.25) is 5.91 Å². The molecule has 1 amide bonds. The lowest BCUT2D eigenvalue weighted by Crippen LogP contribution is -2.37. The molecule has 0 aliphatic heterocycles. The van der Waals surface area contributed by atoms with Crippen molar-refractivity contribution < 1.29 is 9.53 Å². The maximum Gasteiger partial charge on any atom is 0.241 e. The molecule has 4 nitrogen and oxygen atoms in total. The van der Waals surface area contributed by atoms with E-state index in [9.17, 15) is 4.79 Å². The minimum Gasteiger partial charge on any atom is -0.496 e. The third-order valence-corrected chi connectivity index (χ3v) is 3.30. The number of nitrogens with one attached hydrogen (secondary N) is 1. The average Bonchev–Trinajstić information content (AvgIpc) is 2.48. The standard InChI is InChI=1S/C17H20N2O2/c1-12-10-14(8-9-16(12)21-2)19-17(20)15(18)11-13-6-4-3-5-7-13/h3-10,15H,11,18H2,1-2H3,(H,19,20). The van der Waals surface area contributed by atoms with Crippen molar-refractivity contribution in [2.24, 2.45) is 5.73 Å². The van der Waals surface area contributed by atoms with Crippen molar-refractivity contribution in [1.29, 1.82) is 0 Å². The van der Waals surface area contributed by atoms with E-state index in [4.69, 9.17) is 10.5 Å². The molecule has 0 aliphatic carbocycles. The first-order chi connectivity index (χ1) is 10.1. The smallest absolute Gasteiger partial charge is 0.241 e. The molecule has 2 rings (SSSR count). The second-order valence-corrected chi connectivity index (χ2v) is 4.97. The molecule has 0 fully saturated rings. The lowest BCUT2D eigenvalue weighted by atomic mass is 10.1. The van der Waals surface area contributed by atoms with Gasteiger partial charge in [-0.2, -0.15) is 0 Å². The molecule has 0 saturated heterocycles. The molecule has 21 heavy (non-hydrogen) atoms. The molecular formula is C17H20N2O2. The lowest BCUT2D eigenvalue weighted by Gasteiger charge is -2.13. The van der Waals surface area contributed by atoms with Crippen molar-refractivity contribution in [1.82, 2.24) is 0 Å². The highest BCUT2D eigenvalue weighted by atomic mass is 16.5. The fourth-order valence-electron chi connectivity index (χ4n) is 2.15. The van der Waals surface area contributed by atoms with Crippen molar-refractivity contribution in [3.8, 4) is 5.75 Å². The summed E-state index contributed by atoms with van der Waals surface area (Å²) < 4.78 is 5.19. The van der Waals surface area contributed by atoms with Crippen LogP contribution in [0.3, 0.4) is 0 Å². The first kappa shape index (κ1) is 15.1. The predicted molar refractivity (Wildman–Crippen MR) is 84.5 cm³/mol. The minimum atomic E-state index is -0.574. The molecule has 0 aliphatic rings. The van der Waals surface area contributed by atoms with Gasteiger partial charge in [-0.3, -0.25) is 4.79 Å². The Morgan fingerprint density at radius 1 is 1.24 bits per heavy atom. The number of hydrogen-bond donors (Lipinski definition) is 2. The predicted octanol–water partition coefficient (Wildman–Crippen LogP) is 2.51. The van der Waals surface area contributed by atoms with Crippen molar-refractivity contribution in [3.05, 3.63) is 59.7 Å². The minimum absolute atomic E-state index is 0.191. The number of hydrogen-bond acceptors (Lipinski definition) is 3. The lowest BCUT2D eigenvalue weighted by molar-refractivity contribution is -0.117. The summed E-state index contributed by atoms with van der Waals surface area (Å²) in [5.74, 6) is 0.602. The fraction of sp³-hybridized carbons (Fsp3) is 0.235. The van der Waals surface area contributed by atoms with E-state index < -0.39 is 6.04 Å². The van der Waals surface area contributed by atoms with E-state index in [-0.39, 0.29) is 5.91 Å². The Balaban J connectivity index is 1.99. The summed E-state index contributed by atoms with van der Waals surface area (Å²) in [5.41, 5.74) is 8.69. The van der Waals surface area contributed by atoms with E-state index in [1.807, 2.05) is 49.4 Å². The number of nitrogens with two attached hydrogens (primary N) is 1. The summed E-state index contributed by atoms with van der Waals surface area (Å²) in [6.07, 6.45) is 0.516. The van der Waals surface area contributed by atoms with E-state index in [0.717, 1.165) is 22.6 Å². The summed E-state index contributed by atoms with van der Waals surface area (Å²) in [7, 11) is 1.62. The van der Waals surface area contributed by atoms with Crippen molar-refractivity contribution in [3.63, 3.8) is 0 Å². The zero-order valence-electron chi connectivity index (χ0n) is 12.3. The van der Waals surface area contributed by atoms with Crippen LogP contribution < -0.4 is 15.8 Å². The summed E-state index contributed by atoms with van der Waals surface area (Å²) in [4.78, 5) is 12.1. The summed E-state index contributed by atoms with van der Waals surface area (Å²) >= 11 is 0. The Hall–Kier alpha value is -2.33. The number of ether oxygens (including phenoxy) is 1. The SMILES string of the molecule is COc1ccc(NC(=O)C(N)Cc2ccccc2)cc1C. The number of benzene rings is 2. The maximum atomic E-state index is 12.1. The molecule has 0 heterocycles. The third kappa shape index (κ3) is 4.07. The van der Waals surface area contributed by atoms with E-state index >= 15 is 0 Å². The quantitative estimate of drug-likeness (QED) is 0.886. The number of aryl methyl sites for hydroxylation is 1. The Morgan fingerprint density at radius 2 is 1.95 bits per heavy atom. The largest absolute Gasteiger partial charge is 0.496 e. The van der Waals surface area contributed by atoms with E-state index in [1.54, 1.807) is 13.2 Å². The maximum absolute atomic E-state index is 12.1. The Morgan fingerprint density at radius 3 is 2.57 bits per heavy atom. The Bertz CT molecular complexity index is 611. The van der Waals surface area contributed by atoms with Crippen LogP contribution in [0, 0.1) is 6.92 Å². The van der Waals surface area contributed by atoms with Crippen LogP contribution in [-0.4, -0.2) is 19.1 Å². The first-order valence-electron chi connectivity index (χ1n) is 6.85. The zero-order valence-corrected chi connectivity index (χ0v) is 12.3. The highest BCUT2D eigenvalue weighted by Gasteiger charge is 2.14. The number of rotatable bonds is 5. The average molecular weight is 284 g/mol. The number of methoxy groups -OCH3 is 1. The van der Waals surface area contributed by atoms with Crippen LogP contribution >= 0.6 is 0 Å². The summed E-state index contributed by atoms with van der Waals surface area (Å²) in [5, 5.41) is 2.83. The molecule has 0 aromatic heterocycles. The normalized spacial score (nSPS) is 11.8. The van der Waals surface area contributed by atoms with Crippen LogP contribution in [0.5, 0.6) is 5.75 Å². The highest BCUT2D eigenvalue weighted by Crippen LogP contribution is 2.21. The van der Waals surface area contributed by atoms with Crippen LogP contribution in [0.15, 0.2) is 48.5 Å². The molecule has 110 valence electrons. The molecule has 0 bridgehead atoms. The van der Waals surface area contributed by atoms with Gasteiger partial charge >= 0.3 is 0 Å². The van der Waals surface area contributed by atoms with Gasteiger partial charge in [-0.05, 0) is 42.7 Å². The molecule has 1 unspecified atom stereocenters. The van der Waals surface area contributed by atoms with Gasteiger partial charge in [-0.1, -0.05) is 30.3 Å². The molecule has 0 spiro atoms. The fourth-order valence-corrected chi connectivity index (χ4v) is 2.15. The number of carbonyl (C=O) groups is 1. The molecule has 2 aromatic rings. The van der Waals surface area contributed by atoms with Crippen LogP contribution in [0.2, 0.25) is 0 Å². The monoisotopic (exact) mass is 284 g/mol. The number of anilines is 1. The van der Waals surface area contributed by atoms with Gasteiger partial charge in [0, 0.05) is 5.69 Å². The van der Waals surface area contributed by atoms with Gasteiger partial charge < -0.3 is 15.8 Å². The third-order valence-electron chi connectivity index (χ3n) is 3.30. The molecule has 0 radical (unpaired) electrons. The van der Waals surface area contributed by atoms with Crippen LogP contribution in [0.25, 0.3) is 0 Å². The summed E-state index contributed by atoms with van der Waals surface area (Å²) in [6.45, 7) is 1.93. The van der Waals surface area contributed by atoms with Gasteiger partial charge in [0.05, 0.1) is 13.2 Å².